The monoisotopic (exact) mass is 421 g/mol. The van der Waals surface area contributed by atoms with Gasteiger partial charge in [0.05, 0.1) is 26.2 Å². The summed E-state index contributed by atoms with van der Waals surface area (Å²) in [6, 6.07) is -0.342. The molecule has 0 bridgehead atoms. The standard InChI is InChI=1S/C17H21F3N2O7/c1-16(2,3)29-12(23)8-22(15(26)17(18,19)20)13(14(24)25)9-6-10(27-4)21-11(7-9)28-5/h6-7,13H,8H2,1-5H3,(H,24,25)/p-1. The molecule has 1 aromatic heterocycles. The van der Waals surface area contributed by atoms with E-state index in [2.05, 4.69) is 4.98 Å². The van der Waals surface area contributed by atoms with Crippen LogP contribution >= 0.6 is 0 Å². The highest BCUT2D eigenvalue weighted by molar-refractivity contribution is 5.90. The van der Waals surface area contributed by atoms with Crippen LogP contribution in [0.2, 0.25) is 0 Å². The van der Waals surface area contributed by atoms with Gasteiger partial charge in [-0.25, -0.2) is 0 Å². The predicted octanol–water partition coefficient (Wildman–Crippen LogP) is 0.622. The summed E-state index contributed by atoms with van der Waals surface area (Å²) in [7, 11) is 2.36. The van der Waals surface area contributed by atoms with Gasteiger partial charge in [-0.15, -0.1) is 0 Å². The average Bonchev–Trinajstić information content (AvgIpc) is 2.57. The molecular formula is C17H20F3N2O7-. The number of carboxylic acids is 1. The predicted molar refractivity (Wildman–Crippen MR) is 88.7 cm³/mol. The number of carbonyl (C=O) groups is 3. The molecule has 0 radical (unpaired) electrons. The van der Waals surface area contributed by atoms with Crippen molar-refractivity contribution in [3.8, 4) is 11.8 Å². The van der Waals surface area contributed by atoms with Crippen LogP contribution in [0.3, 0.4) is 0 Å². The van der Waals surface area contributed by atoms with Gasteiger partial charge in [0.25, 0.3) is 0 Å². The molecule has 0 aliphatic heterocycles. The first kappa shape index (κ1) is 24.0. The van der Waals surface area contributed by atoms with Crippen molar-refractivity contribution in [2.24, 2.45) is 0 Å². The molecule has 0 spiro atoms. The molecule has 1 heterocycles. The highest BCUT2D eigenvalue weighted by Crippen LogP contribution is 2.30. The number of aromatic nitrogens is 1. The summed E-state index contributed by atoms with van der Waals surface area (Å²) in [5.41, 5.74) is -1.46. The number of methoxy groups -OCH3 is 2. The lowest BCUT2D eigenvalue weighted by Crippen LogP contribution is -2.51. The van der Waals surface area contributed by atoms with Crippen molar-refractivity contribution in [3.63, 3.8) is 0 Å². The quantitative estimate of drug-likeness (QED) is 0.588. The van der Waals surface area contributed by atoms with Crippen LogP contribution in [0.5, 0.6) is 11.8 Å². The molecule has 0 aromatic carbocycles. The Balaban J connectivity index is 3.50. The lowest BCUT2D eigenvalue weighted by atomic mass is 10.1. The minimum absolute atomic E-state index is 0.192. The van der Waals surface area contributed by atoms with Gasteiger partial charge in [-0.05, 0) is 26.3 Å². The van der Waals surface area contributed by atoms with E-state index in [1.54, 1.807) is 0 Å². The number of carboxylic acid groups (broad SMARTS) is 1. The highest BCUT2D eigenvalue weighted by Gasteiger charge is 2.46. The smallest absolute Gasteiger partial charge is 0.471 e. The Morgan fingerprint density at radius 1 is 1.10 bits per heavy atom. The highest BCUT2D eigenvalue weighted by atomic mass is 19.4. The number of nitrogens with zero attached hydrogens (tertiary/aromatic N) is 2. The second kappa shape index (κ2) is 8.97. The zero-order valence-corrected chi connectivity index (χ0v) is 16.3. The molecule has 162 valence electrons. The zero-order chi connectivity index (χ0) is 22.6. The minimum atomic E-state index is -5.46. The summed E-state index contributed by atoms with van der Waals surface area (Å²) in [6.07, 6.45) is -5.46. The number of alkyl halides is 3. The van der Waals surface area contributed by atoms with Gasteiger partial charge in [-0.3, -0.25) is 9.59 Å². The maximum absolute atomic E-state index is 13.1. The fourth-order valence-electron chi connectivity index (χ4n) is 2.27. The van der Waals surface area contributed by atoms with E-state index in [4.69, 9.17) is 14.2 Å². The van der Waals surface area contributed by atoms with Gasteiger partial charge in [0, 0.05) is 12.1 Å². The van der Waals surface area contributed by atoms with Gasteiger partial charge in [0.2, 0.25) is 11.8 Å². The van der Waals surface area contributed by atoms with Crippen LogP contribution in [0.1, 0.15) is 32.4 Å². The first-order valence-corrected chi connectivity index (χ1v) is 8.10. The largest absolute Gasteiger partial charge is 0.548 e. The fourth-order valence-corrected chi connectivity index (χ4v) is 2.27. The molecule has 0 aliphatic carbocycles. The Bertz CT molecular complexity index is 753. The van der Waals surface area contributed by atoms with Gasteiger partial charge in [-0.2, -0.15) is 18.2 Å². The van der Waals surface area contributed by atoms with Crippen molar-refractivity contribution in [2.45, 2.75) is 38.6 Å². The number of rotatable bonds is 7. The molecule has 29 heavy (non-hydrogen) atoms. The van der Waals surface area contributed by atoms with E-state index < -0.39 is 42.2 Å². The van der Waals surface area contributed by atoms with E-state index in [1.807, 2.05) is 0 Å². The molecule has 9 nitrogen and oxygen atoms in total. The number of pyridine rings is 1. The summed E-state index contributed by atoms with van der Waals surface area (Å²) in [6.45, 7) is 3.07. The summed E-state index contributed by atoms with van der Waals surface area (Å²) >= 11 is 0. The second-order valence-corrected chi connectivity index (χ2v) is 6.72. The molecule has 12 heteroatoms. The Labute approximate surface area is 164 Å². The van der Waals surface area contributed by atoms with Gasteiger partial charge < -0.3 is 29.0 Å². The molecular weight excluding hydrogens is 401 g/mol. The third kappa shape index (κ3) is 6.80. The molecule has 0 saturated heterocycles. The van der Waals surface area contributed by atoms with Gasteiger partial charge in [-0.1, -0.05) is 0 Å². The molecule has 0 aliphatic rings. The summed E-state index contributed by atoms with van der Waals surface area (Å²) in [4.78, 5) is 39.3. The number of hydrogen-bond donors (Lipinski definition) is 0. The number of hydrogen-bond acceptors (Lipinski definition) is 8. The average molecular weight is 421 g/mol. The number of ether oxygens (including phenoxy) is 3. The van der Waals surface area contributed by atoms with Crippen LogP contribution < -0.4 is 14.6 Å². The van der Waals surface area contributed by atoms with E-state index in [1.165, 1.54) is 35.0 Å². The molecule has 1 unspecified atom stereocenters. The van der Waals surface area contributed by atoms with Crippen LogP contribution in [0, 0.1) is 0 Å². The number of carbonyl (C=O) groups excluding carboxylic acids is 3. The lowest BCUT2D eigenvalue weighted by Gasteiger charge is -2.33. The Hall–Kier alpha value is -3.05. The van der Waals surface area contributed by atoms with Crippen molar-refractivity contribution < 1.29 is 46.9 Å². The normalized spacial score (nSPS) is 12.7. The molecule has 1 rings (SSSR count). The Morgan fingerprint density at radius 3 is 1.93 bits per heavy atom. The van der Waals surface area contributed by atoms with Crippen LogP contribution in [0.4, 0.5) is 13.2 Å². The van der Waals surface area contributed by atoms with Crippen molar-refractivity contribution in [1.82, 2.24) is 9.88 Å². The molecule has 1 atom stereocenters. The number of esters is 1. The van der Waals surface area contributed by atoms with Crippen molar-refractivity contribution >= 4 is 17.8 Å². The van der Waals surface area contributed by atoms with Crippen LogP contribution in [0.15, 0.2) is 12.1 Å². The van der Waals surface area contributed by atoms with E-state index in [0.717, 1.165) is 12.1 Å². The molecule has 0 saturated carbocycles. The van der Waals surface area contributed by atoms with Gasteiger partial charge in [0.1, 0.15) is 12.1 Å². The number of aliphatic carboxylic acids is 1. The van der Waals surface area contributed by atoms with Crippen molar-refractivity contribution in [3.05, 3.63) is 17.7 Å². The first-order valence-electron chi connectivity index (χ1n) is 8.10. The lowest BCUT2D eigenvalue weighted by molar-refractivity contribution is -0.312. The number of amides is 1. The third-order valence-electron chi connectivity index (χ3n) is 3.29. The van der Waals surface area contributed by atoms with Crippen LogP contribution in [-0.2, 0) is 19.1 Å². The zero-order valence-electron chi connectivity index (χ0n) is 16.3. The van der Waals surface area contributed by atoms with E-state index in [0.29, 0.717) is 0 Å². The first-order chi connectivity index (χ1) is 13.2. The van der Waals surface area contributed by atoms with E-state index in [-0.39, 0.29) is 22.2 Å². The SMILES string of the molecule is COc1cc(C(C(=O)[O-])N(CC(=O)OC(C)(C)C)C(=O)C(F)(F)F)cc(OC)n1. The maximum atomic E-state index is 13.1. The third-order valence-corrected chi connectivity index (χ3v) is 3.29. The van der Waals surface area contributed by atoms with E-state index >= 15 is 0 Å². The van der Waals surface area contributed by atoms with Crippen LogP contribution in [0.25, 0.3) is 0 Å². The van der Waals surface area contributed by atoms with Crippen LogP contribution in [-0.4, -0.2) is 60.3 Å². The van der Waals surface area contributed by atoms with Crippen molar-refractivity contribution in [1.29, 1.82) is 0 Å². The number of halogens is 3. The summed E-state index contributed by atoms with van der Waals surface area (Å²) in [5, 5.41) is 11.7. The topological polar surface area (TPSA) is 118 Å². The maximum Gasteiger partial charge on any atom is 0.471 e. The molecule has 0 fully saturated rings. The van der Waals surface area contributed by atoms with E-state index in [9.17, 15) is 32.7 Å². The summed E-state index contributed by atoms with van der Waals surface area (Å²) in [5.74, 6) is -6.26. The fraction of sp³-hybridized carbons (Fsp3) is 0.529. The molecule has 0 N–H and O–H groups in total. The summed E-state index contributed by atoms with van der Waals surface area (Å²) < 4.78 is 53.9. The van der Waals surface area contributed by atoms with Crippen molar-refractivity contribution in [2.75, 3.05) is 20.8 Å². The van der Waals surface area contributed by atoms with Gasteiger partial charge in [0.15, 0.2) is 0 Å². The van der Waals surface area contributed by atoms with Gasteiger partial charge >= 0.3 is 18.1 Å². The molecule has 1 amide bonds. The Morgan fingerprint density at radius 2 is 1.59 bits per heavy atom. The minimum Gasteiger partial charge on any atom is -0.548 e. The Kier molecular flexibility index (Phi) is 7.42. The molecule has 1 aromatic rings. The second-order valence-electron chi connectivity index (χ2n) is 6.72.